The van der Waals surface area contributed by atoms with E-state index < -0.39 is 0 Å². The summed E-state index contributed by atoms with van der Waals surface area (Å²) in [7, 11) is 0. The van der Waals surface area contributed by atoms with Gasteiger partial charge in [0.25, 0.3) is 0 Å². The molecular weight excluding hydrogens is 394 g/mol. The minimum absolute atomic E-state index is 0.237. The lowest BCUT2D eigenvalue weighted by Crippen LogP contribution is -2.30. The first-order valence-electron chi connectivity index (χ1n) is 9.75. The van der Waals surface area contributed by atoms with E-state index in [0.717, 1.165) is 32.6 Å². The summed E-state index contributed by atoms with van der Waals surface area (Å²) in [6, 6.07) is 15.7. The third-order valence-corrected chi connectivity index (χ3v) is 5.43. The van der Waals surface area contributed by atoms with E-state index in [1.54, 1.807) is 11.8 Å². The van der Waals surface area contributed by atoms with Crippen LogP contribution < -0.4 is 16.0 Å². The van der Waals surface area contributed by atoms with Crippen LogP contribution in [0.15, 0.2) is 47.4 Å². The predicted octanol–water partition coefficient (Wildman–Crippen LogP) is 5.07. The highest BCUT2D eigenvalue weighted by atomic mass is 32.2. The van der Waals surface area contributed by atoms with Gasteiger partial charge in [0.05, 0.1) is 11.1 Å². The molecule has 7 heteroatoms. The van der Waals surface area contributed by atoms with Gasteiger partial charge in [0.1, 0.15) is 11.9 Å². The van der Waals surface area contributed by atoms with Crippen molar-refractivity contribution in [2.45, 2.75) is 25.2 Å². The van der Waals surface area contributed by atoms with Crippen LogP contribution in [0.5, 0.6) is 0 Å². The second kappa shape index (κ2) is 9.99. The Kier molecular flexibility index (Phi) is 7.15. The molecule has 0 unspecified atom stereocenters. The van der Waals surface area contributed by atoms with E-state index in [0.29, 0.717) is 30.9 Å². The van der Waals surface area contributed by atoms with Crippen LogP contribution in [-0.2, 0) is 0 Å². The molecule has 0 fully saturated rings. The first-order valence-corrected chi connectivity index (χ1v) is 11.0. The zero-order valence-corrected chi connectivity index (χ0v) is 18.2. The average Bonchev–Trinajstić information content (AvgIpc) is 2.73. The Balaban J connectivity index is 1.50. The summed E-state index contributed by atoms with van der Waals surface area (Å²) in [5.74, 6) is 0.577. The fraction of sp³-hybridized carbons (Fsp3) is 0.261. The molecule has 6 nitrogen and oxygen atoms in total. The molecule has 0 aliphatic carbocycles. The molecule has 2 aromatic carbocycles. The van der Waals surface area contributed by atoms with Gasteiger partial charge in [0.2, 0.25) is 0 Å². The summed E-state index contributed by atoms with van der Waals surface area (Å²) in [5, 5.41) is 19.3. The number of nitriles is 1. The molecule has 0 saturated carbocycles. The van der Waals surface area contributed by atoms with Gasteiger partial charge in [-0.2, -0.15) is 5.26 Å². The van der Waals surface area contributed by atoms with Crippen LogP contribution >= 0.6 is 11.8 Å². The summed E-state index contributed by atoms with van der Waals surface area (Å²) >= 11 is 1.66. The number of rotatable bonds is 7. The first-order chi connectivity index (χ1) is 14.5. The smallest absolute Gasteiger partial charge is 0.319 e. The van der Waals surface area contributed by atoms with Gasteiger partial charge in [-0.1, -0.05) is 6.07 Å². The van der Waals surface area contributed by atoms with Gasteiger partial charge in [-0.25, -0.2) is 9.78 Å². The lowest BCUT2D eigenvalue weighted by molar-refractivity contribution is 0.252. The van der Waals surface area contributed by atoms with Crippen molar-refractivity contribution in [3.63, 3.8) is 0 Å². The second-order valence-corrected chi connectivity index (χ2v) is 7.91. The normalized spacial score (nSPS) is 10.5. The fourth-order valence-electron chi connectivity index (χ4n) is 3.20. The van der Waals surface area contributed by atoms with Gasteiger partial charge in [-0.15, -0.1) is 11.8 Å². The Bertz CT molecular complexity index is 1090. The maximum Gasteiger partial charge on any atom is 0.319 e. The maximum atomic E-state index is 12.0. The molecule has 0 bridgehead atoms. The van der Waals surface area contributed by atoms with E-state index in [9.17, 15) is 10.1 Å². The molecule has 154 valence electrons. The van der Waals surface area contributed by atoms with Gasteiger partial charge in [-0.3, -0.25) is 0 Å². The van der Waals surface area contributed by atoms with Gasteiger partial charge in [0.15, 0.2) is 0 Å². The summed E-state index contributed by atoms with van der Waals surface area (Å²) < 4.78 is 0. The van der Waals surface area contributed by atoms with Crippen molar-refractivity contribution in [2.75, 3.05) is 30.0 Å². The Hall–Kier alpha value is -3.24. The topological polar surface area (TPSA) is 89.8 Å². The molecular formula is C23H25N5OS. The number of carbonyl (C=O) groups excluding carboxylic acids is 1. The van der Waals surface area contributed by atoms with E-state index in [4.69, 9.17) is 0 Å². The molecule has 0 atom stereocenters. The van der Waals surface area contributed by atoms with Crippen LogP contribution in [0.2, 0.25) is 0 Å². The SMILES string of the molecule is CSc1ccc(NC(=O)NCCCNc2nc3cc(C)cc(C)c3cc2C#N)cc1. The molecule has 30 heavy (non-hydrogen) atoms. The van der Waals surface area contributed by atoms with E-state index in [1.807, 2.05) is 56.5 Å². The summed E-state index contributed by atoms with van der Waals surface area (Å²) in [6.45, 7) is 5.17. The number of thioether (sulfide) groups is 1. The fourth-order valence-corrected chi connectivity index (χ4v) is 3.60. The monoisotopic (exact) mass is 419 g/mol. The molecule has 0 radical (unpaired) electrons. The molecule has 3 rings (SSSR count). The largest absolute Gasteiger partial charge is 0.369 e. The van der Waals surface area contributed by atoms with E-state index in [1.165, 1.54) is 0 Å². The quantitative estimate of drug-likeness (QED) is 0.367. The Morgan fingerprint density at radius 3 is 2.60 bits per heavy atom. The van der Waals surface area contributed by atoms with Crippen LogP contribution in [0.3, 0.4) is 0 Å². The van der Waals surface area contributed by atoms with Gasteiger partial charge in [-0.05, 0) is 74.0 Å². The number of fused-ring (bicyclic) bond motifs is 1. The standard InChI is InChI=1S/C23H25N5OS/c1-15-11-16(2)20-13-17(14-24)22(28-21(20)12-15)25-9-4-10-26-23(29)27-18-5-7-19(30-3)8-6-18/h5-8,11-13H,4,9-10H2,1-3H3,(H,25,28)(H2,26,27,29). The van der Waals surface area contributed by atoms with Crippen molar-refractivity contribution < 1.29 is 4.79 Å². The molecule has 1 heterocycles. The van der Waals surface area contributed by atoms with Crippen molar-refractivity contribution in [2.24, 2.45) is 0 Å². The van der Waals surface area contributed by atoms with Crippen molar-refractivity contribution in [1.29, 1.82) is 5.26 Å². The van der Waals surface area contributed by atoms with Crippen LogP contribution in [0.1, 0.15) is 23.1 Å². The third kappa shape index (κ3) is 5.43. The van der Waals surface area contributed by atoms with E-state index in [-0.39, 0.29) is 6.03 Å². The molecule has 2 amide bonds. The van der Waals surface area contributed by atoms with Crippen LogP contribution in [0.4, 0.5) is 16.3 Å². The summed E-state index contributed by atoms with van der Waals surface area (Å²) in [6.07, 6.45) is 2.72. The Morgan fingerprint density at radius 1 is 1.13 bits per heavy atom. The highest BCUT2D eigenvalue weighted by Crippen LogP contribution is 2.24. The van der Waals surface area contributed by atoms with Crippen LogP contribution in [-0.4, -0.2) is 30.4 Å². The molecule has 0 aliphatic rings. The number of hydrogen-bond acceptors (Lipinski definition) is 5. The van der Waals surface area contributed by atoms with Crippen LogP contribution in [0, 0.1) is 25.2 Å². The van der Waals surface area contributed by atoms with Crippen molar-refractivity contribution in [1.82, 2.24) is 10.3 Å². The molecule has 1 aromatic heterocycles. The van der Waals surface area contributed by atoms with E-state index >= 15 is 0 Å². The Morgan fingerprint density at radius 2 is 1.90 bits per heavy atom. The molecule has 0 saturated heterocycles. The number of nitrogens with zero attached hydrogens (tertiary/aromatic N) is 2. The number of pyridine rings is 1. The number of benzene rings is 2. The van der Waals surface area contributed by atoms with Crippen LogP contribution in [0.25, 0.3) is 10.9 Å². The number of nitrogens with one attached hydrogen (secondary N) is 3. The van der Waals surface area contributed by atoms with Gasteiger partial charge in [0, 0.05) is 29.1 Å². The van der Waals surface area contributed by atoms with Crippen molar-refractivity contribution >= 4 is 40.2 Å². The van der Waals surface area contributed by atoms with E-state index in [2.05, 4.69) is 33.1 Å². The summed E-state index contributed by atoms with van der Waals surface area (Å²) in [5.41, 5.74) is 4.40. The second-order valence-electron chi connectivity index (χ2n) is 7.03. The average molecular weight is 420 g/mol. The number of amides is 2. The minimum Gasteiger partial charge on any atom is -0.369 e. The molecule has 0 aliphatic heterocycles. The zero-order valence-electron chi connectivity index (χ0n) is 17.4. The minimum atomic E-state index is -0.237. The van der Waals surface area contributed by atoms with Gasteiger partial charge >= 0.3 is 6.03 Å². The zero-order chi connectivity index (χ0) is 21.5. The lowest BCUT2D eigenvalue weighted by Gasteiger charge is -2.11. The maximum absolute atomic E-state index is 12.0. The number of urea groups is 1. The third-order valence-electron chi connectivity index (χ3n) is 4.69. The number of carbonyl (C=O) groups is 1. The van der Waals surface area contributed by atoms with Crippen molar-refractivity contribution in [3.8, 4) is 6.07 Å². The first kappa shape index (κ1) is 21.5. The highest BCUT2D eigenvalue weighted by molar-refractivity contribution is 7.98. The molecule has 0 spiro atoms. The Labute approximate surface area is 181 Å². The number of aromatic nitrogens is 1. The van der Waals surface area contributed by atoms with Crippen molar-refractivity contribution in [3.05, 3.63) is 59.2 Å². The molecule has 3 N–H and O–H groups in total. The highest BCUT2D eigenvalue weighted by Gasteiger charge is 2.09. The number of hydrogen-bond donors (Lipinski definition) is 3. The van der Waals surface area contributed by atoms with Gasteiger partial charge < -0.3 is 16.0 Å². The number of aryl methyl sites for hydroxylation is 2. The lowest BCUT2D eigenvalue weighted by atomic mass is 10.0. The summed E-state index contributed by atoms with van der Waals surface area (Å²) in [4.78, 5) is 17.8. The predicted molar refractivity (Wildman–Crippen MR) is 124 cm³/mol. The molecule has 3 aromatic rings. The number of anilines is 2.